The number of ether oxygens (including phenoxy) is 1. The fourth-order valence-electron chi connectivity index (χ4n) is 3.84. The maximum atomic E-state index is 11.7. The van der Waals surface area contributed by atoms with Crippen LogP contribution in [-0.4, -0.2) is 137 Å². The highest BCUT2D eigenvalue weighted by molar-refractivity contribution is 6.30. The van der Waals surface area contributed by atoms with Crippen LogP contribution in [0.15, 0.2) is 48.6 Å². The van der Waals surface area contributed by atoms with Crippen molar-refractivity contribution < 1.29 is 49.1 Å². The highest BCUT2D eigenvalue weighted by Gasteiger charge is 2.23. The molecule has 232 valence electrons. The van der Waals surface area contributed by atoms with E-state index in [2.05, 4.69) is 20.8 Å². The van der Waals surface area contributed by atoms with Gasteiger partial charge < -0.3 is 35.0 Å². The molecule has 1 amide bonds. The SMILES string of the molecule is CCOC(=O)N1CCN(CCN2CCN(c3cccc(Cl)c3)CC2)CC1.O=C(O)C=CC(=O)O.O=C(O)C=CC(=O)O. The molecule has 0 atom stereocenters. The number of rotatable bonds is 9. The number of anilines is 1. The van der Waals surface area contributed by atoms with Gasteiger partial charge in [0.1, 0.15) is 0 Å². The first-order chi connectivity index (χ1) is 19.9. The maximum Gasteiger partial charge on any atom is 0.409 e. The summed E-state index contributed by atoms with van der Waals surface area (Å²) in [6.07, 6.45) is 2.05. The number of hydrogen-bond donors (Lipinski definition) is 4. The van der Waals surface area contributed by atoms with Crippen molar-refractivity contribution in [3.8, 4) is 0 Å². The standard InChI is InChI=1S/C19H29ClN4O2.2C4H4O4/c1-2-26-19(25)24-14-10-22(11-15-24)7-6-21-8-12-23(13-9-21)18-5-3-4-17(20)16-18;2*5-3(6)1-2-4(7)8/h3-5,16H,2,6-15H2,1H3;2*1-2H,(H,5,6)(H,7,8). The van der Waals surface area contributed by atoms with Crippen LogP contribution in [0.2, 0.25) is 5.02 Å². The van der Waals surface area contributed by atoms with Gasteiger partial charge in [0.05, 0.1) is 6.61 Å². The van der Waals surface area contributed by atoms with Gasteiger partial charge in [-0.25, -0.2) is 24.0 Å². The average Bonchev–Trinajstić information content (AvgIpc) is 2.95. The van der Waals surface area contributed by atoms with Gasteiger partial charge >= 0.3 is 30.0 Å². The summed E-state index contributed by atoms with van der Waals surface area (Å²) in [6, 6.07) is 8.10. The van der Waals surface area contributed by atoms with Crippen molar-refractivity contribution >= 4 is 47.3 Å². The van der Waals surface area contributed by atoms with Crippen LogP contribution in [0.25, 0.3) is 0 Å². The van der Waals surface area contributed by atoms with E-state index in [1.165, 1.54) is 5.69 Å². The highest BCUT2D eigenvalue weighted by Crippen LogP contribution is 2.20. The van der Waals surface area contributed by atoms with Gasteiger partial charge in [-0.3, -0.25) is 9.80 Å². The second-order valence-electron chi connectivity index (χ2n) is 8.86. The first kappa shape index (κ1) is 35.9. The molecular formula is C27H37ClN4O10. The van der Waals surface area contributed by atoms with E-state index in [1.807, 2.05) is 30.0 Å². The predicted molar refractivity (Wildman–Crippen MR) is 154 cm³/mol. The van der Waals surface area contributed by atoms with Crippen molar-refractivity contribution in [2.75, 3.05) is 77.0 Å². The number of carbonyl (C=O) groups is 5. The number of aliphatic carboxylic acids is 4. The zero-order chi connectivity index (χ0) is 31.5. The highest BCUT2D eigenvalue weighted by atomic mass is 35.5. The van der Waals surface area contributed by atoms with Crippen LogP contribution >= 0.6 is 11.6 Å². The molecule has 2 aliphatic rings. The van der Waals surface area contributed by atoms with E-state index in [1.54, 1.807) is 0 Å². The molecular weight excluding hydrogens is 576 g/mol. The zero-order valence-corrected chi connectivity index (χ0v) is 24.1. The number of nitrogens with zero attached hydrogens (tertiary/aromatic N) is 4. The van der Waals surface area contributed by atoms with Gasteiger partial charge in [-0.1, -0.05) is 17.7 Å². The molecule has 0 unspecified atom stereocenters. The van der Waals surface area contributed by atoms with Crippen molar-refractivity contribution in [1.29, 1.82) is 0 Å². The van der Waals surface area contributed by atoms with Crippen LogP contribution in [0.5, 0.6) is 0 Å². The summed E-state index contributed by atoms with van der Waals surface area (Å²) in [5, 5.41) is 32.0. The lowest BCUT2D eigenvalue weighted by Crippen LogP contribution is -2.52. The molecule has 14 nitrogen and oxygen atoms in total. The van der Waals surface area contributed by atoms with E-state index in [-0.39, 0.29) is 6.09 Å². The zero-order valence-electron chi connectivity index (χ0n) is 23.3. The summed E-state index contributed by atoms with van der Waals surface area (Å²) in [6.45, 7) is 12.1. The normalized spacial score (nSPS) is 15.8. The number of piperazine rings is 2. The van der Waals surface area contributed by atoms with Crippen molar-refractivity contribution in [2.45, 2.75) is 6.92 Å². The Kier molecular flexibility index (Phi) is 17.0. The van der Waals surface area contributed by atoms with E-state index in [0.717, 1.165) is 70.5 Å². The topological polar surface area (TPSA) is 188 Å². The molecule has 2 aliphatic heterocycles. The monoisotopic (exact) mass is 612 g/mol. The summed E-state index contributed by atoms with van der Waals surface area (Å²) in [5.41, 5.74) is 1.22. The molecule has 2 saturated heterocycles. The van der Waals surface area contributed by atoms with Crippen LogP contribution in [0.4, 0.5) is 10.5 Å². The molecule has 0 aromatic heterocycles. The van der Waals surface area contributed by atoms with Gasteiger partial charge in [0.25, 0.3) is 0 Å². The molecule has 2 heterocycles. The molecule has 2 fully saturated rings. The minimum Gasteiger partial charge on any atom is -0.478 e. The molecule has 42 heavy (non-hydrogen) atoms. The number of halogens is 1. The second-order valence-corrected chi connectivity index (χ2v) is 9.29. The number of carboxylic acids is 4. The molecule has 4 N–H and O–H groups in total. The summed E-state index contributed by atoms with van der Waals surface area (Å²) < 4.78 is 5.07. The third-order valence-electron chi connectivity index (χ3n) is 5.91. The van der Waals surface area contributed by atoms with Gasteiger partial charge in [-0.2, -0.15) is 0 Å². The summed E-state index contributed by atoms with van der Waals surface area (Å²) in [4.78, 5) is 59.1. The third-order valence-corrected chi connectivity index (χ3v) is 6.15. The van der Waals surface area contributed by atoms with Crippen LogP contribution < -0.4 is 4.90 Å². The maximum absolute atomic E-state index is 11.7. The average molecular weight is 613 g/mol. The fourth-order valence-corrected chi connectivity index (χ4v) is 4.02. The van der Waals surface area contributed by atoms with Crippen molar-refractivity contribution in [2.24, 2.45) is 0 Å². The second kappa shape index (κ2) is 19.9. The Morgan fingerprint density at radius 3 is 1.55 bits per heavy atom. The van der Waals surface area contributed by atoms with E-state index in [9.17, 15) is 24.0 Å². The van der Waals surface area contributed by atoms with Crippen molar-refractivity contribution in [3.05, 3.63) is 53.6 Å². The quantitative estimate of drug-likeness (QED) is 0.295. The van der Waals surface area contributed by atoms with E-state index < -0.39 is 23.9 Å². The van der Waals surface area contributed by atoms with Crippen LogP contribution in [-0.2, 0) is 23.9 Å². The number of carbonyl (C=O) groups excluding carboxylic acids is 1. The largest absolute Gasteiger partial charge is 0.478 e. The molecule has 0 saturated carbocycles. The molecule has 0 spiro atoms. The van der Waals surface area contributed by atoms with Gasteiger partial charge in [0.15, 0.2) is 0 Å². The number of amides is 1. The van der Waals surface area contributed by atoms with Crippen LogP contribution in [0.1, 0.15) is 6.92 Å². The van der Waals surface area contributed by atoms with Crippen LogP contribution in [0.3, 0.4) is 0 Å². The van der Waals surface area contributed by atoms with E-state index >= 15 is 0 Å². The lowest BCUT2D eigenvalue weighted by Gasteiger charge is -2.38. The molecule has 0 aliphatic carbocycles. The van der Waals surface area contributed by atoms with Gasteiger partial charge in [0.2, 0.25) is 0 Å². The number of benzene rings is 1. The third kappa shape index (κ3) is 16.2. The lowest BCUT2D eigenvalue weighted by atomic mass is 10.2. The fraction of sp³-hybridized carbons (Fsp3) is 0.444. The summed E-state index contributed by atoms with van der Waals surface area (Å²) >= 11 is 6.10. The molecule has 0 bridgehead atoms. The van der Waals surface area contributed by atoms with Crippen molar-refractivity contribution in [3.63, 3.8) is 0 Å². The number of carboxylic acid groups (broad SMARTS) is 4. The molecule has 0 radical (unpaired) electrons. The molecule has 1 aromatic carbocycles. The Hall–Kier alpha value is -4.14. The Bertz CT molecular complexity index is 1030. The molecule has 3 rings (SSSR count). The van der Waals surface area contributed by atoms with E-state index in [0.29, 0.717) is 30.9 Å². The Morgan fingerprint density at radius 2 is 1.17 bits per heavy atom. The van der Waals surface area contributed by atoms with Gasteiger partial charge in [-0.05, 0) is 25.1 Å². The van der Waals surface area contributed by atoms with Gasteiger partial charge in [-0.15, -0.1) is 0 Å². The smallest absolute Gasteiger partial charge is 0.409 e. The number of hydrogen-bond acceptors (Lipinski definition) is 9. The Labute approximate surface area is 248 Å². The molecule has 1 aromatic rings. The van der Waals surface area contributed by atoms with Crippen LogP contribution in [0, 0.1) is 0 Å². The first-order valence-corrected chi connectivity index (χ1v) is 13.4. The summed E-state index contributed by atoms with van der Waals surface area (Å²) in [5.74, 6) is -5.03. The van der Waals surface area contributed by atoms with Gasteiger partial charge in [0, 0.05) is 100 Å². The first-order valence-electron chi connectivity index (χ1n) is 13.1. The lowest BCUT2D eigenvalue weighted by molar-refractivity contribution is -0.134. The molecule has 15 heteroatoms. The predicted octanol–water partition coefficient (Wildman–Crippen LogP) is 1.66. The Balaban J connectivity index is 0.000000454. The summed E-state index contributed by atoms with van der Waals surface area (Å²) in [7, 11) is 0. The minimum atomic E-state index is -1.26. The van der Waals surface area contributed by atoms with Crippen molar-refractivity contribution in [1.82, 2.24) is 14.7 Å². The minimum absolute atomic E-state index is 0.177. The van der Waals surface area contributed by atoms with E-state index in [4.69, 9.17) is 36.8 Å². The Morgan fingerprint density at radius 1 is 0.738 bits per heavy atom.